The third kappa shape index (κ3) is 2.93. The molecule has 0 aliphatic carbocycles. The number of thioether (sulfide) groups is 1. The van der Waals surface area contributed by atoms with Crippen LogP contribution in [0, 0.1) is 10.1 Å². The van der Waals surface area contributed by atoms with E-state index in [-0.39, 0.29) is 5.69 Å². The number of anilines is 1. The van der Waals surface area contributed by atoms with Crippen molar-refractivity contribution in [3.8, 4) is 17.0 Å². The quantitative estimate of drug-likeness (QED) is 0.425. The van der Waals surface area contributed by atoms with Crippen molar-refractivity contribution in [3.05, 3.63) is 64.2 Å². The molecule has 3 aromatic rings. The highest BCUT2D eigenvalue weighted by Crippen LogP contribution is 2.39. The van der Waals surface area contributed by atoms with Gasteiger partial charge < -0.3 is 10.1 Å². The molecule has 0 spiro atoms. The van der Waals surface area contributed by atoms with Crippen LogP contribution in [0.5, 0.6) is 5.75 Å². The van der Waals surface area contributed by atoms with Gasteiger partial charge in [-0.3, -0.25) is 10.1 Å². The number of fused-ring (bicyclic) bond motifs is 3. The Bertz CT molecular complexity index is 998. The Balaban J connectivity index is 1.84. The van der Waals surface area contributed by atoms with Gasteiger partial charge in [0.25, 0.3) is 5.69 Å². The highest BCUT2D eigenvalue weighted by molar-refractivity contribution is 7.98. The van der Waals surface area contributed by atoms with Crippen molar-refractivity contribution in [2.24, 2.45) is 0 Å². The molecular formula is C17H13N5O3S. The van der Waals surface area contributed by atoms with Crippen LogP contribution in [0.25, 0.3) is 11.3 Å². The number of non-ortho nitro benzene ring substituents is 1. The van der Waals surface area contributed by atoms with E-state index in [0.29, 0.717) is 28.0 Å². The number of ether oxygens (including phenoxy) is 1. The lowest BCUT2D eigenvalue weighted by molar-refractivity contribution is -0.385. The largest absolute Gasteiger partial charge is 0.466 e. The van der Waals surface area contributed by atoms with E-state index in [1.807, 2.05) is 30.5 Å². The molecule has 130 valence electrons. The molecular weight excluding hydrogens is 354 g/mol. The summed E-state index contributed by atoms with van der Waals surface area (Å²) in [6, 6.07) is 13.7. The summed E-state index contributed by atoms with van der Waals surface area (Å²) in [5.74, 6) is 1.12. The Morgan fingerprint density at radius 2 is 2.04 bits per heavy atom. The summed E-state index contributed by atoms with van der Waals surface area (Å²) in [4.78, 5) is 15.2. The molecule has 9 heteroatoms. The van der Waals surface area contributed by atoms with E-state index >= 15 is 0 Å². The third-order valence-electron chi connectivity index (χ3n) is 3.89. The van der Waals surface area contributed by atoms with E-state index < -0.39 is 11.2 Å². The van der Waals surface area contributed by atoms with Crippen molar-refractivity contribution in [1.29, 1.82) is 0 Å². The van der Waals surface area contributed by atoms with Crippen molar-refractivity contribution < 1.29 is 9.66 Å². The molecule has 4 rings (SSSR count). The molecule has 0 amide bonds. The molecule has 1 aliphatic heterocycles. The van der Waals surface area contributed by atoms with Gasteiger partial charge in [0, 0.05) is 23.3 Å². The summed E-state index contributed by atoms with van der Waals surface area (Å²) in [5.41, 5.74) is 1.95. The van der Waals surface area contributed by atoms with E-state index in [4.69, 9.17) is 4.74 Å². The first-order valence-corrected chi connectivity index (χ1v) is 8.94. The highest BCUT2D eigenvalue weighted by Gasteiger charge is 2.26. The van der Waals surface area contributed by atoms with Gasteiger partial charge in [-0.05, 0) is 18.4 Å². The second kappa shape index (κ2) is 6.60. The Kier molecular flexibility index (Phi) is 4.13. The molecule has 1 N–H and O–H groups in total. The zero-order valence-corrected chi connectivity index (χ0v) is 14.4. The van der Waals surface area contributed by atoms with Crippen LogP contribution in [-0.4, -0.2) is 26.4 Å². The van der Waals surface area contributed by atoms with E-state index in [1.54, 1.807) is 12.1 Å². The minimum absolute atomic E-state index is 0.00345. The average molecular weight is 367 g/mol. The van der Waals surface area contributed by atoms with Gasteiger partial charge in [0.2, 0.25) is 5.16 Å². The van der Waals surface area contributed by atoms with Crippen LogP contribution in [-0.2, 0) is 0 Å². The minimum atomic E-state index is -0.649. The number of nitro groups is 1. The summed E-state index contributed by atoms with van der Waals surface area (Å²) in [7, 11) is 0. The van der Waals surface area contributed by atoms with Crippen LogP contribution in [0.1, 0.15) is 11.8 Å². The molecule has 1 unspecified atom stereocenters. The van der Waals surface area contributed by atoms with Crippen molar-refractivity contribution in [1.82, 2.24) is 15.2 Å². The SMILES string of the molecule is CSc1nnc2c(n1)NC(c1cccc([N+](=O)[O-])c1)Oc1ccccc1-2. The summed E-state index contributed by atoms with van der Waals surface area (Å²) in [6.07, 6.45) is 1.21. The molecule has 1 aliphatic rings. The van der Waals surface area contributed by atoms with Crippen LogP contribution in [0.3, 0.4) is 0 Å². The molecule has 2 aromatic carbocycles. The molecule has 1 atom stereocenters. The van der Waals surface area contributed by atoms with Crippen molar-refractivity contribution in [2.75, 3.05) is 11.6 Å². The fourth-order valence-corrected chi connectivity index (χ4v) is 2.98. The molecule has 1 aromatic heterocycles. The summed E-state index contributed by atoms with van der Waals surface area (Å²) in [5, 5.41) is 23.2. The van der Waals surface area contributed by atoms with Crippen LogP contribution >= 0.6 is 11.8 Å². The van der Waals surface area contributed by atoms with E-state index in [9.17, 15) is 10.1 Å². The Morgan fingerprint density at radius 3 is 2.85 bits per heavy atom. The van der Waals surface area contributed by atoms with E-state index in [0.717, 1.165) is 5.56 Å². The van der Waals surface area contributed by atoms with Gasteiger partial charge >= 0.3 is 0 Å². The van der Waals surface area contributed by atoms with Crippen molar-refractivity contribution in [3.63, 3.8) is 0 Å². The number of rotatable bonds is 3. The van der Waals surface area contributed by atoms with Crippen LogP contribution in [0.4, 0.5) is 11.5 Å². The van der Waals surface area contributed by atoms with Gasteiger partial charge in [0.1, 0.15) is 11.4 Å². The lowest BCUT2D eigenvalue weighted by Crippen LogP contribution is -2.17. The second-order valence-corrected chi connectivity index (χ2v) is 6.26. The van der Waals surface area contributed by atoms with E-state index in [1.165, 1.54) is 23.9 Å². The summed E-state index contributed by atoms with van der Waals surface area (Å²) < 4.78 is 6.09. The van der Waals surface area contributed by atoms with Gasteiger partial charge in [0.05, 0.1) is 4.92 Å². The predicted octanol–water partition coefficient (Wildman–Crippen LogP) is 3.67. The number of aromatic nitrogens is 3. The van der Waals surface area contributed by atoms with Crippen LogP contribution in [0.15, 0.2) is 53.7 Å². The van der Waals surface area contributed by atoms with Crippen molar-refractivity contribution >= 4 is 23.3 Å². The Morgan fingerprint density at radius 1 is 1.19 bits per heavy atom. The highest BCUT2D eigenvalue weighted by atomic mass is 32.2. The van der Waals surface area contributed by atoms with E-state index in [2.05, 4.69) is 20.5 Å². The van der Waals surface area contributed by atoms with Gasteiger partial charge in [-0.1, -0.05) is 36.0 Å². The zero-order valence-electron chi connectivity index (χ0n) is 13.6. The first-order chi connectivity index (χ1) is 12.7. The lowest BCUT2D eigenvalue weighted by atomic mass is 10.1. The predicted molar refractivity (Wildman–Crippen MR) is 97.1 cm³/mol. The van der Waals surface area contributed by atoms with Crippen LogP contribution in [0.2, 0.25) is 0 Å². The summed E-state index contributed by atoms with van der Waals surface area (Å²) >= 11 is 1.38. The number of nitro benzene ring substituents is 1. The average Bonchev–Trinajstić information content (AvgIpc) is 2.84. The number of hydrogen-bond acceptors (Lipinski definition) is 8. The number of benzene rings is 2. The molecule has 2 heterocycles. The van der Waals surface area contributed by atoms with Crippen molar-refractivity contribution in [2.45, 2.75) is 11.4 Å². The fourth-order valence-electron chi connectivity index (χ4n) is 2.68. The monoisotopic (exact) mass is 367 g/mol. The topological polar surface area (TPSA) is 103 Å². The lowest BCUT2D eigenvalue weighted by Gasteiger charge is -2.19. The minimum Gasteiger partial charge on any atom is -0.466 e. The third-order valence-corrected chi connectivity index (χ3v) is 4.43. The zero-order chi connectivity index (χ0) is 18.1. The second-order valence-electron chi connectivity index (χ2n) is 5.49. The normalized spacial score (nSPS) is 15.0. The first kappa shape index (κ1) is 16.3. The maximum Gasteiger partial charge on any atom is 0.269 e. The standard InChI is InChI=1S/C17H13N5O3S/c1-26-17-19-15-14(20-21-17)12-7-2-3-8-13(12)25-16(18-15)10-5-4-6-11(9-10)22(23)24/h2-9,16H,1H3,(H,18,19,21). The Labute approximate surface area is 152 Å². The number of para-hydroxylation sites is 1. The fraction of sp³-hybridized carbons (Fsp3) is 0.118. The maximum atomic E-state index is 11.1. The molecule has 0 radical (unpaired) electrons. The molecule has 0 saturated carbocycles. The Hall–Kier alpha value is -3.20. The van der Waals surface area contributed by atoms with Gasteiger partial charge in [-0.15, -0.1) is 10.2 Å². The molecule has 0 fully saturated rings. The number of nitrogens with one attached hydrogen (secondary N) is 1. The molecule has 0 bridgehead atoms. The van der Waals surface area contributed by atoms with Gasteiger partial charge in [-0.25, -0.2) is 4.98 Å². The smallest absolute Gasteiger partial charge is 0.269 e. The first-order valence-electron chi connectivity index (χ1n) is 7.71. The molecule has 8 nitrogen and oxygen atoms in total. The van der Waals surface area contributed by atoms with Gasteiger partial charge in [-0.2, -0.15) is 0 Å². The number of nitrogens with zero attached hydrogens (tertiary/aromatic N) is 4. The maximum absolute atomic E-state index is 11.1. The molecule has 0 saturated heterocycles. The number of hydrogen-bond donors (Lipinski definition) is 1. The van der Waals surface area contributed by atoms with Gasteiger partial charge in [0.15, 0.2) is 12.0 Å². The molecule has 26 heavy (non-hydrogen) atoms. The van der Waals surface area contributed by atoms with Crippen LogP contribution < -0.4 is 10.1 Å². The summed E-state index contributed by atoms with van der Waals surface area (Å²) in [6.45, 7) is 0.